The van der Waals surface area contributed by atoms with Crippen molar-refractivity contribution in [3.63, 3.8) is 0 Å². The molecule has 1 aliphatic carbocycles. The van der Waals surface area contributed by atoms with E-state index in [0.29, 0.717) is 0 Å². The Kier molecular flexibility index (Phi) is 7.95. The minimum atomic E-state index is -0.156. The topological polar surface area (TPSA) is 30.7 Å². The first-order chi connectivity index (χ1) is 31.5. The van der Waals surface area contributed by atoms with Crippen LogP contribution in [0.3, 0.4) is 0 Å². The van der Waals surface area contributed by atoms with Crippen LogP contribution in [0.2, 0.25) is 0 Å². The molecule has 0 fully saturated rings. The summed E-state index contributed by atoms with van der Waals surface area (Å²) >= 11 is 0. The van der Waals surface area contributed by atoms with Gasteiger partial charge < -0.3 is 4.57 Å². The van der Waals surface area contributed by atoms with Crippen LogP contribution >= 0.6 is 0 Å². The van der Waals surface area contributed by atoms with Crippen LogP contribution in [-0.4, -0.2) is 14.5 Å². The van der Waals surface area contributed by atoms with Crippen molar-refractivity contribution in [3.8, 4) is 61.3 Å². The van der Waals surface area contributed by atoms with E-state index in [1.165, 1.54) is 105 Å². The van der Waals surface area contributed by atoms with E-state index < -0.39 is 0 Å². The molecule has 2 heterocycles. The van der Waals surface area contributed by atoms with Gasteiger partial charge in [-0.3, -0.25) is 9.97 Å². The van der Waals surface area contributed by atoms with Gasteiger partial charge >= 0.3 is 0 Å². The monoisotopic (exact) mass is 815 g/mol. The minimum absolute atomic E-state index is 0.156. The van der Waals surface area contributed by atoms with Crippen LogP contribution in [0.25, 0.3) is 116 Å². The van der Waals surface area contributed by atoms with Gasteiger partial charge in [0.05, 0.1) is 22.1 Å². The second kappa shape index (κ2) is 13.9. The van der Waals surface area contributed by atoms with Crippen molar-refractivity contribution in [3.05, 3.63) is 224 Å². The molecule has 0 bridgehead atoms. The Morgan fingerprint density at radius 2 is 0.750 bits per heavy atom. The summed E-state index contributed by atoms with van der Waals surface area (Å²) in [5, 5.41) is 7.20. The second-order valence-corrected chi connectivity index (χ2v) is 17.8. The molecule has 0 saturated carbocycles. The average Bonchev–Trinajstić information content (AvgIpc) is 3.81. The SMILES string of the molecule is CC1(C)c2cc(-c3ccc(-c4ccc(-c5ccc6c(c5)c5ccccc5n6-c5ccccc5)cc4)cc3)ccc2-c2ccc(-c3ccc4c(c3)c3ccccc3c3nccnc43)cc21. The molecule has 3 heteroatoms. The Balaban J connectivity index is 0.781. The smallest absolute Gasteiger partial charge is 0.0971 e. The fourth-order valence-electron chi connectivity index (χ4n) is 10.6. The fourth-order valence-corrected chi connectivity index (χ4v) is 10.6. The maximum Gasteiger partial charge on any atom is 0.0971 e. The van der Waals surface area contributed by atoms with E-state index in [0.717, 1.165) is 21.8 Å². The minimum Gasteiger partial charge on any atom is -0.309 e. The van der Waals surface area contributed by atoms with Crippen molar-refractivity contribution < 1.29 is 0 Å². The van der Waals surface area contributed by atoms with Crippen LogP contribution in [-0.2, 0) is 5.41 Å². The van der Waals surface area contributed by atoms with E-state index in [9.17, 15) is 0 Å². The van der Waals surface area contributed by atoms with E-state index in [4.69, 9.17) is 9.97 Å². The van der Waals surface area contributed by atoms with Gasteiger partial charge in [0.1, 0.15) is 0 Å². The molecular weight excluding hydrogens is 775 g/mol. The van der Waals surface area contributed by atoms with Gasteiger partial charge in [-0.1, -0.05) is 166 Å². The molecule has 0 aliphatic heterocycles. The van der Waals surface area contributed by atoms with E-state index in [1.54, 1.807) is 12.4 Å². The lowest BCUT2D eigenvalue weighted by molar-refractivity contribution is 0.661. The summed E-state index contributed by atoms with van der Waals surface area (Å²) in [5.74, 6) is 0. The van der Waals surface area contributed by atoms with E-state index in [-0.39, 0.29) is 5.41 Å². The number of hydrogen-bond acceptors (Lipinski definition) is 2. The first-order valence-electron chi connectivity index (χ1n) is 22.1. The van der Waals surface area contributed by atoms with Gasteiger partial charge in [-0.2, -0.15) is 0 Å². The lowest BCUT2D eigenvalue weighted by atomic mass is 9.80. The van der Waals surface area contributed by atoms with E-state index in [2.05, 4.69) is 219 Å². The lowest BCUT2D eigenvalue weighted by Gasteiger charge is -2.23. The number of fused-ring (bicyclic) bond motifs is 12. The van der Waals surface area contributed by atoms with Crippen LogP contribution < -0.4 is 0 Å². The second-order valence-electron chi connectivity index (χ2n) is 17.8. The molecule has 0 unspecified atom stereocenters. The number of nitrogens with zero attached hydrogens (tertiary/aromatic N) is 3. The highest BCUT2D eigenvalue weighted by atomic mass is 15.0. The number of para-hydroxylation sites is 2. The van der Waals surface area contributed by atoms with Gasteiger partial charge in [0.25, 0.3) is 0 Å². The van der Waals surface area contributed by atoms with E-state index >= 15 is 0 Å². The Morgan fingerprint density at radius 1 is 0.328 bits per heavy atom. The van der Waals surface area contributed by atoms with Crippen LogP contribution in [0.1, 0.15) is 25.0 Å². The molecular formula is C61H41N3. The van der Waals surface area contributed by atoms with Gasteiger partial charge in [0.15, 0.2) is 0 Å². The highest BCUT2D eigenvalue weighted by molar-refractivity contribution is 6.23. The first-order valence-corrected chi connectivity index (χ1v) is 22.1. The van der Waals surface area contributed by atoms with Crippen LogP contribution in [0, 0.1) is 0 Å². The third kappa shape index (κ3) is 5.54. The average molecular weight is 816 g/mol. The number of hydrogen-bond donors (Lipinski definition) is 0. The maximum atomic E-state index is 4.77. The van der Waals surface area contributed by atoms with Gasteiger partial charge in [-0.25, -0.2) is 0 Å². The zero-order valence-corrected chi connectivity index (χ0v) is 35.5. The molecule has 0 spiro atoms. The highest BCUT2D eigenvalue weighted by Crippen LogP contribution is 2.51. The van der Waals surface area contributed by atoms with Crippen LogP contribution in [0.4, 0.5) is 0 Å². The van der Waals surface area contributed by atoms with E-state index in [1.807, 2.05) is 0 Å². The molecule has 1 aliphatic rings. The van der Waals surface area contributed by atoms with Gasteiger partial charge in [0, 0.05) is 45.0 Å². The molecule has 0 saturated heterocycles. The first kappa shape index (κ1) is 36.5. The Hall–Kier alpha value is -8.14. The summed E-state index contributed by atoms with van der Waals surface area (Å²) in [7, 11) is 0. The third-order valence-corrected chi connectivity index (χ3v) is 13.9. The number of rotatable bonds is 5. The Morgan fingerprint density at radius 3 is 1.39 bits per heavy atom. The summed E-state index contributed by atoms with van der Waals surface area (Å²) in [4.78, 5) is 9.49. The van der Waals surface area contributed by atoms with Crippen molar-refractivity contribution in [2.75, 3.05) is 0 Å². The predicted molar refractivity (Wildman–Crippen MR) is 268 cm³/mol. The van der Waals surface area contributed by atoms with Crippen molar-refractivity contribution in [1.82, 2.24) is 14.5 Å². The molecule has 64 heavy (non-hydrogen) atoms. The fraction of sp³-hybridized carbons (Fsp3) is 0.0492. The molecule has 10 aromatic carbocycles. The lowest BCUT2D eigenvalue weighted by Crippen LogP contribution is -2.15. The molecule has 0 atom stereocenters. The van der Waals surface area contributed by atoms with Gasteiger partial charge in [-0.05, 0) is 126 Å². The quantitative estimate of drug-likeness (QED) is 0.162. The molecule has 0 amide bonds. The van der Waals surface area contributed by atoms with Gasteiger partial charge in [0.2, 0.25) is 0 Å². The van der Waals surface area contributed by atoms with Crippen LogP contribution in [0.5, 0.6) is 0 Å². The van der Waals surface area contributed by atoms with Crippen LogP contribution in [0.15, 0.2) is 213 Å². The Bertz CT molecular complexity index is 3800. The largest absolute Gasteiger partial charge is 0.309 e. The molecule has 0 N–H and O–H groups in total. The zero-order chi connectivity index (χ0) is 42.5. The third-order valence-electron chi connectivity index (χ3n) is 13.9. The molecule has 300 valence electrons. The van der Waals surface area contributed by atoms with Crippen molar-refractivity contribution in [2.24, 2.45) is 0 Å². The molecule has 13 rings (SSSR count). The predicted octanol–water partition coefficient (Wildman–Crippen LogP) is 16.0. The molecule has 12 aromatic rings. The maximum absolute atomic E-state index is 4.77. The standard InChI is InChI=1S/C61H41N3/c1-61(2)55-36-44(24-28-48(55)49-29-25-45(37-56(49)61)43-26-30-52-53(34-43)47-12-6-7-14-51(47)59-60(52)63-33-32-62-59)41-22-18-39(19-23-41)38-16-20-40(21-17-38)42-27-31-58-54(35-42)50-13-8-9-15-57(50)64(58)46-10-4-3-5-11-46/h3-37H,1-2H3. The van der Waals surface area contributed by atoms with Crippen molar-refractivity contribution >= 4 is 54.4 Å². The number of benzene rings is 10. The zero-order valence-electron chi connectivity index (χ0n) is 35.5. The molecule has 3 nitrogen and oxygen atoms in total. The summed E-state index contributed by atoms with van der Waals surface area (Å²) in [5.41, 5.74) is 20.5. The summed E-state index contributed by atoms with van der Waals surface area (Å²) < 4.78 is 2.37. The molecule has 0 radical (unpaired) electrons. The highest BCUT2D eigenvalue weighted by Gasteiger charge is 2.36. The van der Waals surface area contributed by atoms with Crippen molar-refractivity contribution in [1.29, 1.82) is 0 Å². The summed E-state index contributed by atoms with van der Waals surface area (Å²) in [6, 6.07) is 73.7. The summed E-state index contributed by atoms with van der Waals surface area (Å²) in [6.07, 6.45) is 3.58. The Labute approximate surface area is 371 Å². The number of aromatic nitrogens is 3. The van der Waals surface area contributed by atoms with Crippen molar-refractivity contribution in [2.45, 2.75) is 19.3 Å². The normalized spacial score (nSPS) is 13.0. The summed E-state index contributed by atoms with van der Waals surface area (Å²) in [6.45, 7) is 4.75. The molecule has 2 aromatic heterocycles. The van der Waals surface area contributed by atoms with Gasteiger partial charge in [-0.15, -0.1) is 0 Å².